The van der Waals surface area contributed by atoms with Gasteiger partial charge in [0.25, 0.3) is 5.76 Å². The minimum absolute atomic E-state index is 0.174. The summed E-state index contributed by atoms with van der Waals surface area (Å²) >= 11 is 2.11. The number of thiophene rings is 1. The van der Waals surface area contributed by atoms with E-state index in [1.54, 1.807) is 41.9 Å². The van der Waals surface area contributed by atoms with Crippen LogP contribution >= 0.6 is 23.1 Å². The Morgan fingerprint density at radius 3 is 2.59 bits per heavy atom. The minimum atomic E-state index is -2.46. The van der Waals surface area contributed by atoms with Crippen LogP contribution in [0, 0.1) is 0 Å². The lowest BCUT2D eigenvalue weighted by atomic mass is 10.3. The zero-order valence-corrected chi connectivity index (χ0v) is 15.9. The summed E-state index contributed by atoms with van der Waals surface area (Å²) in [5.74, 6) is -1.85. The first-order valence-corrected chi connectivity index (χ1v) is 9.96. The second-order valence-electron chi connectivity index (χ2n) is 5.75. The lowest BCUT2D eigenvalue weighted by Crippen LogP contribution is -2.32. The third kappa shape index (κ3) is 6.50. The smallest absolute Gasteiger partial charge is 0.288 e. The molecule has 27 heavy (non-hydrogen) atoms. The normalized spacial score (nSPS) is 11.3. The van der Waals surface area contributed by atoms with E-state index in [4.69, 9.17) is 4.42 Å². The van der Waals surface area contributed by atoms with Crippen molar-refractivity contribution in [1.82, 2.24) is 4.90 Å². The fraction of sp³-hybridized carbons (Fsp3) is 0.211. The highest BCUT2D eigenvalue weighted by molar-refractivity contribution is 7.99. The molecule has 0 aliphatic rings. The summed E-state index contributed by atoms with van der Waals surface area (Å²) in [6, 6.07) is 14.1. The number of nitrogens with zero attached hydrogens (tertiary/aromatic N) is 1. The number of rotatable bonds is 9. The van der Waals surface area contributed by atoms with Crippen molar-refractivity contribution in [2.75, 3.05) is 11.9 Å². The molecule has 0 aliphatic heterocycles. The van der Waals surface area contributed by atoms with Gasteiger partial charge in [0.2, 0.25) is 5.91 Å². The van der Waals surface area contributed by atoms with Crippen LogP contribution in [0.2, 0.25) is 0 Å². The molecule has 1 amide bonds. The highest BCUT2D eigenvalue weighted by Crippen LogP contribution is 2.26. The molecule has 1 N–H and O–H groups in total. The second kappa shape index (κ2) is 9.68. The number of carbonyl (C=O) groups is 1. The Morgan fingerprint density at radius 1 is 1.15 bits per heavy atom. The van der Waals surface area contributed by atoms with Crippen LogP contribution in [-0.2, 0) is 17.9 Å². The highest BCUT2D eigenvalue weighted by Gasteiger charge is 2.14. The van der Waals surface area contributed by atoms with E-state index < -0.39 is 5.76 Å². The predicted octanol–water partition coefficient (Wildman–Crippen LogP) is 5.30. The van der Waals surface area contributed by atoms with Crippen LogP contribution in [0.15, 0.2) is 69.5 Å². The number of hydrogen-bond donors (Lipinski definition) is 1. The zero-order valence-electron chi connectivity index (χ0n) is 14.3. The van der Waals surface area contributed by atoms with Crippen molar-refractivity contribution in [3.63, 3.8) is 0 Å². The molecule has 3 aromatic rings. The first-order chi connectivity index (χ1) is 13.1. The van der Waals surface area contributed by atoms with E-state index in [0.29, 0.717) is 35.4 Å². The Bertz CT molecular complexity index is 786. The van der Waals surface area contributed by atoms with Crippen LogP contribution < -0.4 is 5.32 Å². The maximum atomic E-state index is 12.4. The van der Waals surface area contributed by atoms with E-state index >= 15 is 0 Å². The minimum Gasteiger partial charge on any atom is -0.468 e. The predicted molar refractivity (Wildman–Crippen MR) is 104 cm³/mol. The lowest BCUT2D eigenvalue weighted by Gasteiger charge is -2.20. The number of amides is 1. The summed E-state index contributed by atoms with van der Waals surface area (Å²) in [4.78, 5) is 16.0. The zero-order chi connectivity index (χ0) is 19.1. The molecule has 4 nitrogen and oxygen atoms in total. The molecular weight excluding hydrogens is 390 g/mol. The molecular formula is C19H18F2N2O2S2. The van der Waals surface area contributed by atoms with Crippen molar-refractivity contribution in [3.05, 3.63) is 70.8 Å². The highest BCUT2D eigenvalue weighted by atomic mass is 32.2. The maximum Gasteiger partial charge on any atom is 0.288 e. The number of alkyl halides is 2. The van der Waals surface area contributed by atoms with Crippen LogP contribution in [0.1, 0.15) is 10.6 Å². The molecule has 0 spiro atoms. The Hall–Kier alpha value is -2.16. The summed E-state index contributed by atoms with van der Waals surface area (Å²) in [6.45, 7) is 1.34. The number of furan rings is 1. The quantitative estimate of drug-likeness (QED) is 0.488. The summed E-state index contributed by atoms with van der Waals surface area (Å²) in [5.41, 5.74) is 0.577. The number of halogens is 2. The lowest BCUT2D eigenvalue weighted by molar-refractivity contribution is -0.117. The summed E-state index contributed by atoms with van der Waals surface area (Å²) in [6.07, 6.45) is 1.61. The van der Waals surface area contributed by atoms with Crippen molar-refractivity contribution >= 4 is 34.7 Å². The van der Waals surface area contributed by atoms with Gasteiger partial charge >= 0.3 is 0 Å². The molecule has 2 heterocycles. The Kier molecular flexibility index (Phi) is 7.03. The molecule has 3 rings (SSSR count). The van der Waals surface area contributed by atoms with Gasteiger partial charge in [0.15, 0.2) is 0 Å². The summed E-state index contributed by atoms with van der Waals surface area (Å²) < 4.78 is 30.1. The van der Waals surface area contributed by atoms with E-state index in [1.165, 1.54) is 0 Å². The van der Waals surface area contributed by atoms with Gasteiger partial charge in [-0.05, 0) is 47.8 Å². The number of nitrogens with one attached hydrogen (secondary N) is 1. The van der Waals surface area contributed by atoms with E-state index in [2.05, 4.69) is 5.32 Å². The van der Waals surface area contributed by atoms with E-state index in [0.717, 1.165) is 10.6 Å². The van der Waals surface area contributed by atoms with Crippen LogP contribution in [0.3, 0.4) is 0 Å². The third-order valence-electron chi connectivity index (χ3n) is 3.65. The number of hydrogen-bond acceptors (Lipinski definition) is 5. The van der Waals surface area contributed by atoms with Crippen molar-refractivity contribution < 1.29 is 18.0 Å². The molecule has 1 aromatic carbocycles. The van der Waals surface area contributed by atoms with Gasteiger partial charge in [0, 0.05) is 22.0 Å². The summed E-state index contributed by atoms with van der Waals surface area (Å²) in [5, 5.41) is 4.81. The van der Waals surface area contributed by atoms with Crippen molar-refractivity contribution in [1.29, 1.82) is 0 Å². The molecule has 0 bridgehead atoms. The molecule has 0 unspecified atom stereocenters. The molecule has 0 fully saturated rings. The van der Waals surface area contributed by atoms with Gasteiger partial charge in [-0.15, -0.1) is 11.3 Å². The Morgan fingerprint density at radius 2 is 1.96 bits per heavy atom. The van der Waals surface area contributed by atoms with Gasteiger partial charge in [-0.3, -0.25) is 9.69 Å². The van der Waals surface area contributed by atoms with Crippen LogP contribution in [0.25, 0.3) is 0 Å². The maximum absolute atomic E-state index is 12.4. The van der Waals surface area contributed by atoms with Crippen molar-refractivity contribution in [2.45, 2.75) is 23.7 Å². The third-order valence-corrected chi connectivity index (χ3v) is 5.23. The standard InChI is InChI=1S/C19H18F2N2O2S2/c20-19(21)27-16-7-5-14(6-8-16)22-18(24)13-23(11-15-3-1-9-25-15)12-17-4-2-10-26-17/h1-10,19H,11-13H2,(H,22,24). The average Bonchev–Trinajstić information content (AvgIpc) is 3.30. The number of benzene rings is 1. The largest absolute Gasteiger partial charge is 0.468 e. The number of thioether (sulfide) groups is 1. The SMILES string of the molecule is O=C(CN(Cc1ccco1)Cc1cccs1)Nc1ccc(SC(F)F)cc1. The first-order valence-electron chi connectivity index (χ1n) is 8.20. The summed E-state index contributed by atoms with van der Waals surface area (Å²) in [7, 11) is 0. The number of anilines is 1. The van der Waals surface area contributed by atoms with Crippen molar-refractivity contribution in [2.24, 2.45) is 0 Å². The van der Waals surface area contributed by atoms with E-state index in [-0.39, 0.29) is 12.5 Å². The average molecular weight is 408 g/mol. The molecule has 142 valence electrons. The van der Waals surface area contributed by atoms with Gasteiger partial charge in [-0.1, -0.05) is 17.8 Å². The molecule has 0 saturated heterocycles. The molecule has 0 atom stereocenters. The van der Waals surface area contributed by atoms with Gasteiger partial charge in [-0.25, -0.2) is 0 Å². The monoisotopic (exact) mass is 408 g/mol. The van der Waals surface area contributed by atoms with Gasteiger partial charge in [0.1, 0.15) is 5.76 Å². The van der Waals surface area contributed by atoms with Crippen LogP contribution in [-0.4, -0.2) is 23.1 Å². The van der Waals surface area contributed by atoms with Gasteiger partial charge < -0.3 is 9.73 Å². The van der Waals surface area contributed by atoms with Gasteiger partial charge in [-0.2, -0.15) is 8.78 Å². The van der Waals surface area contributed by atoms with Gasteiger partial charge in [0.05, 0.1) is 19.4 Å². The molecule has 0 aliphatic carbocycles. The Labute approximate surface area is 164 Å². The van der Waals surface area contributed by atoms with Crippen LogP contribution in [0.4, 0.5) is 14.5 Å². The molecule has 0 saturated carbocycles. The number of carbonyl (C=O) groups excluding carboxylic acids is 1. The molecule has 8 heteroatoms. The van der Waals surface area contributed by atoms with E-state index in [1.807, 2.05) is 34.5 Å². The molecule has 0 radical (unpaired) electrons. The van der Waals surface area contributed by atoms with Crippen LogP contribution in [0.5, 0.6) is 0 Å². The first kappa shape index (κ1) is 19.6. The fourth-order valence-electron chi connectivity index (χ4n) is 2.54. The second-order valence-corrected chi connectivity index (χ2v) is 7.85. The Balaban J connectivity index is 1.59. The topological polar surface area (TPSA) is 45.5 Å². The molecule has 2 aromatic heterocycles. The van der Waals surface area contributed by atoms with E-state index in [9.17, 15) is 13.6 Å². The van der Waals surface area contributed by atoms with Crippen molar-refractivity contribution in [3.8, 4) is 0 Å². The fourth-order valence-corrected chi connectivity index (χ4v) is 3.78.